The highest BCUT2D eigenvalue weighted by atomic mass is 32.1. The standard InChI is InChI=1S/C22H18N4O3S/c1-2-15-9-10-18-20(12-15)30-22(24-18)25(14-16-6-5-11-23-13-16)21(27)17-7-3-4-8-19(17)26(28)29/h3-13H,2,14H2,1H3. The number of nitro groups is 1. The number of nitrogens with zero attached hydrogens (tertiary/aromatic N) is 4. The predicted octanol–water partition coefficient (Wildman–Crippen LogP) is 5.01. The summed E-state index contributed by atoms with van der Waals surface area (Å²) in [4.78, 5) is 34.6. The Morgan fingerprint density at radius 3 is 2.70 bits per heavy atom. The summed E-state index contributed by atoms with van der Waals surface area (Å²) in [6.45, 7) is 2.29. The molecule has 8 heteroatoms. The van der Waals surface area contributed by atoms with Crippen LogP contribution in [0.3, 0.4) is 0 Å². The number of rotatable bonds is 6. The number of hydrogen-bond donors (Lipinski definition) is 0. The smallest absolute Gasteiger partial charge is 0.279 e. The molecule has 0 unspecified atom stereocenters. The van der Waals surface area contributed by atoms with Crippen LogP contribution in [0.5, 0.6) is 0 Å². The van der Waals surface area contributed by atoms with E-state index in [4.69, 9.17) is 0 Å². The fourth-order valence-corrected chi connectivity index (χ4v) is 4.18. The SMILES string of the molecule is CCc1ccc2nc(N(Cc3cccnc3)C(=O)c3ccccc3[N+](=O)[O-])sc2c1. The minimum absolute atomic E-state index is 0.0277. The van der Waals surface area contributed by atoms with Crippen LogP contribution in [-0.2, 0) is 13.0 Å². The Hall–Kier alpha value is -3.65. The lowest BCUT2D eigenvalue weighted by Gasteiger charge is -2.20. The number of aryl methyl sites for hydroxylation is 1. The summed E-state index contributed by atoms with van der Waals surface area (Å²) < 4.78 is 0.968. The Morgan fingerprint density at radius 2 is 1.97 bits per heavy atom. The van der Waals surface area contributed by atoms with Gasteiger partial charge in [-0.15, -0.1) is 0 Å². The Kier molecular flexibility index (Phi) is 5.49. The van der Waals surface area contributed by atoms with Gasteiger partial charge in [-0.3, -0.25) is 24.8 Å². The van der Waals surface area contributed by atoms with Crippen LogP contribution in [0.2, 0.25) is 0 Å². The van der Waals surface area contributed by atoms with Gasteiger partial charge in [0.05, 0.1) is 21.7 Å². The molecule has 2 aromatic carbocycles. The number of aromatic nitrogens is 2. The van der Waals surface area contributed by atoms with Gasteiger partial charge in [0.2, 0.25) is 0 Å². The third kappa shape index (κ3) is 3.90. The van der Waals surface area contributed by atoms with Gasteiger partial charge in [0.15, 0.2) is 5.13 Å². The molecule has 4 rings (SSSR count). The van der Waals surface area contributed by atoms with Gasteiger partial charge in [-0.1, -0.05) is 42.5 Å². The highest BCUT2D eigenvalue weighted by Crippen LogP contribution is 2.32. The Bertz CT molecular complexity index is 1220. The van der Waals surface area contributed by atoms with Gasteiger partial charge in [0, 0.05) is 18.5 Å². The third-order valence-electron chi connectivity index (χ3n) is 4.72. The average Bonchev–Trinajstić information content (AvgIpc) is 3.20. The zero-order chi connectivity index (χ0) is 21.1. The minimum Gasteiger partial charge on any atom is -0.279 e. The van der Waals surface area contributed by atoms with E-state index in [1.54, 1.807) is 30.6 Å². The van der Waals surface area contributed by atoms with E-state index in [-0.39, 0.29) is 17.8 Å². The van der Waals surface area contributed by atoms with Crippen molar-refractivity contribution in [1.29, 1.82) is 0 Å². The second-order valence-electron chi connectivity index (χ2n) is 6.68. The van der Waals surface area contributed by atoms with Crippen molar-refractivity contribution in [2.75, 3.05) is 4.90 Å². The van der Waals surface area contributed by atoms with Gasteiger partial charge in [-0.25, -0.2) is 4.98 Å². The van der Waals surface area contributed by atoms with Gasteiger partial charge < -0.3 is 0 Å². The first-order valence-corrected chi connectivity index (χ1v) is 10.2. The first-order chi connectivity index (χ1) is 14.6. The molecule has 150 valence electrons. The summed E-state index contributed by atoms with van der Waals surface area (Å²) in [5.74, 6) is -0.471. The quantitative estimate of drug-likeness (QED) is 0.324. The lowest BCUT2D eigenvalue weighted by Crippen LogP contribution is -2.31. The summed E-state index contributed by atoms with van der Waals surface area (Å²) in [5.41, 5.74) is 2.58. The van der Waals surface area contributed by atoms with Crippen molar-refractivity contribution in [3.8, 4) is 0 Å². The molecular weight excluding hydrogens is 400 g/mol. The van der Waals surface area contributed by atoms with E-state index >= 15 is 0 Å². The molecule has 4 aromatic rings. The van der Waals surface area contributed by atoms with Gasteiger partial charge in [-0.2, -0.15) is 0 Å². The van der Waals surface area contributed by atoms with Crippen LogP contribution in [0.15, 0.2) is 67.0 Å². The van der Waals surface area contributed by atoms with Crippen LogP contribution in [0.25, 0.3) is 10.2 Å². The van der Waals surface area contributed by atoms with Crippen molar-refractivity contribution in [3.05, 3.63) is 93.8 Å². The lowest BCUT2D eigenvalue weighted by atomic mass is 10.1. The van der Waals surface area contributed by atoms with E-state index in [9.17, 15) is 14.9 Å². The second kappa shape index (κ2) is 8.38. The Balaban J connectivity index is 1.81. The second-order valence-corrected chi connectivity index (χ2v) is 7.69. The normalized spacial score (nSPS) is 10.8. The Morgan fingerprint density at radius 1 is 1.13 bits per heavy atom. The number of fused-ring (bicyclic) bond motifs is 1. The van der Waals surface area contributed by atoms with Crippen molar-refractivity contribution in [3.63, 3.8) is 0 Å². The van der Waals surface area contributed by atoms with E-state index in [1.807, 2.05) is 18.2 Å². The summed E-state index contributed by atoms with van der Waals surface area (Å²) in [5, 5.41) is 12.0. The topological polar surface area (TPSA) is 89.2 Å². The molecule has 0 aliphatic heterocycles. The van der Waals surface area contributed by atoms with Gasteiger partial charge in [0.1, 0.15) is 5.56 Å². The number of carbonyl (C=O) groups is 1. The summed E-state index contributed by atoms with van der Waals surface area (Å²) in [7, 11) is 0. The number of pyridine rings is 1. The molecule has 2 aromatic heterocycles. The van der Waals surface area contributed by atoms with Gasteiger partial charge in [-0.05, 0) is 41.8 Å². The molecule has 0 atom stereocenters. The fraction of sp³-hybridized carbons (Fsp3) is 0.136. The number of anilines is 1. The summed E-state index contributed by atoms with van der Waals surface area (Å²) >= 11 is 1.40. The minimum atomic E-state index is -0.540. The number of para-hydroxylation sites is 1. The molecule has 2 heterocycles. The molecule has 0 spiro atoms. The summed E-state index contributed by atoms with van der Waals surface area (Å²) in [6.07, 6.45) is 4.22. The highest BCUT2D eigenvalue weighted by molar-refractivity contribution is 7.22. The van der Waals surface area contributed by atoms with Crippen LogP contribution in [0, 0.1) is 10.1 Å². The molecule has 0 saturated carbocycles. The average molecular weight is 418 g/mol. The maximum Gasteiger partial charge on any atom is 0.282 e. The molecule has 30 heavy (non-hydrogen) atoms. The molecule has 0 fully saturated rings. The van der Waals surface area contributed by atoms with Crippen molar-refractivity contribution in [2.24, 2.45) is 0 Å². The molecule has 1 amide bonds. The first-order valence-electron chi connectivity index (χ1n) is 9.40. The van der Waals surface area contributed by atoms with E-state index in [1.165, 1.54) is 33.9 Å². The molecule has 0 radical (unpaired) electrons. The molecule has 0 aliphatic rings. The third-order valence-corrected chi connectivity index (χ3v) is 5.76. The molecule has 7 nitrogen and oxygen atoms in total. The molecule has 0 bridgehead atoms. The molecule has 0 saturated heterocycles. The number of carbonyl (C=O) groups excluding carboxylic acids is 1. The van der Waals surface area contributed by atoms with Crippen molar-refractivity contribution >= 4 is 38.3 Å². The monoisotopic (exact) mass is 418 g/mol. The molecule has 0 N–H and O–H groups in total. The lowest BCUT2D eigenvalue weighted by molar-refractivity contribution is -0.385. The fourth-order valence-electron chi connectivity index (χ4n) is 3.15. The van der Waals surface area contributed by atoms with Crippen LogP contribution in [0.4, 0.5) is 10.8 Å². The largest absolute Gasteiger partial charge is 0.282 e. The zero-order valence-electron chi connectivity index (χ0n) is 16.2. The number of thiazole rings is 1. The maximum atomic E-state index is 13.4. The predicted molar refractivity (Wildman–Crippen MR) is 117 cm³/mol. The Labute approximate surface area is 176 Å². The first kappa shape index (κ1) is 19.7. The van der Waals surface area contributed by atoms with E-state index in [0.717, 1.165) is 22.2 Å². The summed E-state index contributed by atoms with van der Waals surface area (Å²) in [6, 6.07) is 15.6. The van der Waals surface area contributed by atoms with Crippen LogP contribution in [0.1, 0.15) is 28.4 Å². The molecular formula is C22H18N4O3S. The van der Waals surface area contributed by atoms with E-state index in [2.05, 4.69) is 23.0 Å². The number of benzene rings is 2. The van der Waals surface area contributed by atoms with Gasteiger partial charge >= 0.3 is 0 Å². The van der Waals surface area contributed by atoms with Crippen molar-refractivity contribution in [1.82, 2.24) is 9.97 Å². The van der Waals surface area contributed by atoms with Crippen molar-refractivity contribution < 1.29 is 9.72 Å². The zero-order valence-corrected chi connectivity index (χ0v) is 17.0. The number of nitro benzene ring substituents is 1. The molecule has 0 aliphatic carbocycles. The van der Waals surface area contributed by atoms with E-state index < -0.39 is 10.8 Å². The van der Waals surface area contributed by atoms with Crippen molar-refractivity contribution in [2.45, 2.75) is 19.9 Å². The maximum absolute atomic E-state index is 13.4. The van der Waals surface area contributed by atoms with E-state index in [0.29, 0.717) is 5.13 Å². The highest BCUT2D eigenvalue weighted by Gasteiger charge is 2.27. The number of hydrogen-bond acceptors (Lipinski definition) is 6. The van der Waals surface area contributed by atoms with Crippen LogP contribution < -0.4 is 4.90 Å². The van der Waals surface area contributed by atoms with Gasteiger partial charge in [0.25, 0.3) is 11.6 Å². The number of amides is 1. The van der Waals surface area contributed by atoms with Crippen LogP contribution in [-0.4, -0.2) is 20.8 Å². The van der Waals surface area contributed by atoms with Crippen LogP contribution >= 0.6 is 11.3 Å².